The van der Waals surface area contributed by atoms with E-state index in [2.05, 4.69) is 0 Å². The summed E-state index contributed by atoms with van der Waals surface area (Å²) >= 11 is 0. The molecule has 0 fully saturated rings. The maximum atomic E-state index is 13.8. The number of furan rings is 1. The summed E-state index contributed by atoms with van der Waals surface area (Å²) in [6, 6.07) is 17.9. The van der Waals surface area contributed by atoms with Crippen molar-refractivity contribution in [1.29, 1.82) is 0 Å². The summed E-state index contributed by atoms with van der Waals surface area (Å²) in [5.41, 5.74) is 1.45. The van der Waals surface area contributed by atoms with Crippen LogP contribution >= 0.6 is 0 Å². The van der Waals surface area contributed by atoms with Gasteiger partial charge in [0.05, 0.1) is 19.1 Å². The van der Waals surface area contributed by atoms with Crippen molar-refractivity contribution in [3.63, 3.8) is 0 Å². The first kappa shape index (κ1) is 27.7. The fraction of sp³-hybridized carbons (Fsp3) is 0.214. The fourth-order valence-electron chi connectivity index (χ4n) is 3.92. The number of ether oxygens (including phenoxy) is 3. The van der Waals surface area contributed by atoms with Crippen molar-refractivity contribution in [2.75, 3.05) is 20.8 Å². The minimum atomic E-state index is -4.36. The third-order valence-electron chi connectivity index (χ3n) is 5.96. The van der Waals surface area contributed by atoms with Gasteiger partial charge in [0.15, 0.2) is 22.9 Å². The predicted octanol–water partition coefficient (Wildman–Crippen LogP) is 4.51. The molecular formula is C28H27NO9S. The zero-order valence-electron chi connectivity index (χ0n) is 21.5. The normalized spacial score (nSPS) is 11.5. The van der Waals surface area contributed by atoms with Gasteiger partial charge in [-0.05, 0) is 53.6 Å². The average molecular weight is 554 g/mol. The fourth-order valence-corrected chi connectivity index (χ4v) is 5.47. The van der Waals surface area contributed by atoms with Gasteiger partial charge in [0.2, 0.25) is 10.0 Å². The number of carboxylic acid groups (broad SMARTS) is 1. The Morgan fingerprint density at radius 2 is 1.49 bits per heavy atom. The number of carbonyl (C=O) groups excluding carboxylic acids is 1. The maximum Gasteiger partial charge on any atom is 0.318 e. The lowest BCUT2D eigenvalue weighted by Gasteiger charge is -2.21. The van der Waals surface area contributed by atoms with Crippen molar-refractivity contribution in [1.82, 2.24) is 4.31 Å². The van der Waals surface area contributed by atoms with Crippen molar-refractivity contribution in [2.24, 2.45) is 0 Å². The zero-order valence-corrected chi connectivity index (χ0v) is 22.4. The van der Waals surface area contributed by atoms with Crippen LogP contribution in [0.5, 0.6) is 17.2 Å². The van der Waals surface area contributed by atoms with E-state index in [4.69, 9.17) is 18.6 Å². The van der Waals surface area contributed by atoms with Crippen LogP contribution < -0.4 is 14.2 Å². The summed E-state index contributed by atoms with van der Waals surface area (Å²) in [5, 5.41) is 9.59. The third-order valence-corrected chi connectivity index (χ3v) is 7.81. The van der Waals surface area contributed by atoms with Crippen LogP contribution in [0.1, 0.15) is 28.6 Å². The Morgan fingerprint density at radius 1 is 0.897 bits per heavy atom. The number of hydrogen-bond donors (Lipinski definition) is 1. The van der Waals surface area contributed by atoms with E-state index >= 15 is 0 Å². The largest absolute Gasteiger partial charge is 0.497 e. The molecule has 4 rings (SSSR count). The molecule has 0 aliphatic heterocycles. The summed E-state index contributed by atoms with van der Waals surface area (Å²) in [4.78, 5) is 23.5. The number of carboxylic acids is 1. The van der Waals surface area contributed by atoms with Crippen LogP contribution in [0.2, 0.25) is 0 Å². The number of sulfonamides is 1. The quantitative estimate of drug-likeness (QED) is 0.252. The molecule has 0 saturated heterocycles. The molecule has 10 nitrogen and oxygen atoms in total. The van der Waals surface area contributed by atoms with Crippen LogP contribution in [-0.2, 0) is 28.0 Å². The van der Waals surface area contributed by atoms with Crippen molar-refractivity contribution in [3.05, 3.63) is 83.6 Å². The van der Waals surface area contributed by atoms with Gasteiger partial charge in [0.1, 0.15) is 24.7 Å². The van der Waals surface area contributed by atoms with Crippen LogP contribution in [0.3, 0.4) is 0 Å². The molecular weight excluding hydrogens is 526 g/mol. The molecule has 1 N–H and O–H groups in total. The number of Topliss-reactive ketones (excluding diaryl/α,β-unsaturated/α-hetero) is 1. The van der Waals surface area contributed by atoms with Crippen LogP contribution in [0.25, 0.3) is 11.0 Å². The average Bonchev–Trinajstić information content (AvgIpc) is 3.38. The highest BCUT2D eigenvalue weighted by Crippen LogP contribution is 2.36. The Hall–Kier alpha value is -4.35. The molecule has 0 aliphatic rings. The third kappa shape index (κ3) is 6.21. The molecule has 4 aromatic rings. The Bertz CT molecular complexity index is 1590. The monoisotopic (exact) mass is 553 g/mol. The van der Waals surface area contributed by atoms with Gasteiger partial charge in [-0.15, -0.1) is 0 Å². The second-order valence-corrected chi connectivity index (χ2v) is 10.5. The molecule has 0 unspecified atom stereocenters. The molecule has 0 radical (unpaired) electrons. The summed E-state index contributed by atoms with van der Waals surface area (Å²) in [6.07, 6.45) is 0. The highest BCUT2D eigenvalue weighted by molar-refractivity contribution is 7.89. The SMILES string of the molecule is COc1ccc(COc2ccc(S(=O)(=O)N(CC(=O)O)Cc3ccc(OC)cc3)c3cc(C(C)=O)oc23)cc1. The van der Waals surface area contributed by atoms with Crippen molar-refractivity contribution < 1.29 is 41.7 Å². The predicted molar refractivity (Wildman–Crippen MR) is 142 cm³/mol. The number of rotatable bonds is 12. The number of nitrogens with zero attached hydrogens (tertiary/aromatic N) is 1. The van der Waals surface area contributed by atoms with Crippen LogP contribution in [0.4, 0.5) is 0 Å². The van der Waals surface area contributed by atoms with Gasteiger partial charge < -0.3 is 23.7 Å². The van der Waals surface area contributed by atoms with E-state index in [1.807, 2.05) is 12.1 Å². The van der Waals surface area contributed by atoms with Crippen molar-refractivity contribution >= 4 is 32.7 Å². The Balaban J connectivity index is 1.72. The number of carbonyl (C=O) groups is 2. The van der Waals surface area contributed by atoms with E-state index in [0.29, 0.717) is 17.1 Å². The summed E-state index contributed by atoms with van der Waals surface area (Å²) in [5.74, 6) is -0.286. The second kappa shape index (κ2) is 11.6. The van der Waals surface area contributed by atoms with Crippen LogP contribution in [0.15, 0.2) is 76.0 Å². The van der Waals surface area contributed by atoms with Crippen LogP contribution in [-0.4, -0.2) is 50.3 Å². The molecule has 0 spiro atoms. The van der Waals surface area contributed by atoms with Gasteiger partial charge in [-0.1, -0.05) is 24.3 Å². The van der Waals surface area contributed by atoms with E-state index in [1.54, 1.807) is 43.5 Å². The van der Waals surface area contributed by atoms with Gasteiger partial charge in [0.25, 0.3) is 0 Å². The first-order valence-corrected chi connectivity index (χ1v) is 13.2. The van der Waals surface area contributed by atoms with E-state index in [-0.39, 0.29) is 40.5 Å². The molecule has 0 bridgehead atoms. The topological polar surface area (TPSA) is 133 Å². The Labute approximate surface area is 225 Å². The summed E-state index contributed by atoms with van der Waals surface area (Å²) < 4.78 is 50.4. The minimum absolute atomic E-state index is 0.0538. The second-order valence-electron chi connectivity index (χ2n) is 8.62. The van der Waals surface area contributed by atoms with Gasteiger partial charge in [-0.2, -0.15) is 4.31 Å². The van der Waals surface area contributed by atoms with Crippen molar-refractivity contribution in [3.8, 4) is 17.2 Å². The molecule has 1 heterocycles. The van der Waals surface area contributed by atoms with Gasteiger partial charge in [0, 0.05) is 18.9 Å². The molecule has 3 aromatic carbocycles. The highest BCUT2D eigenvalue weighted by Gasteiger charge is 2.31. The van der Waals surface area contributed by atoms with Gasteiger partial charge in [-0.25, -0.2) is 8.42 Å². The molecule has 0 aliphatic carbocycles. The van der Waals surface area contributed by atoms with Gasteiger partial charge >= 0.3 is 5.97 Å². The number of methoxy groups -OCH3 is 2. The number of benzene rings is 3. The number of hydrogen-bond acceptors (Lipinski definition) is 8. The van der Waals surface area contributed by atoms with E-state index in [9.17, 15) is 23.1 Å². The summed E-state index contributed by atoms with van der Waals surface area (Å²) in [6.45, 7) is 0.463. The van der Waals surface area contributed by atoms with Crippen LogP contribution in [0, 0.1) is 0 Å². The van der Waals surface area contributed by atoms with E-state index in [0.717, 1.165) is 9.87 Å². The number of ketones is 1. The molecule has 0 saturated carbocycles. The first-order valence-electron chi connectivity index (χ1n) is 11.8. The first-order chi connectivity index (χ1) is 18.6. The maximum absolute atomic E-state index is 13.8. The zero-order chi connectivity index (χ0) is 28.2. The molecule has 204 valence electrons. The molecule has 39 heavy (non-hydrogen) atoms. The molecule has 11 heteroatoms. The molecule has 1 aromatic heterocycles. The summed E-state index contributed by atoms with van der Waals surface area (Å²) in [7, 11) is -1.29. The highest BCUT2D eigenvalue weighted by atomic mass is 32.2. The van der Waals surface area contributed by atoms with Crippen molar-refractivity contribution in [2.45, 2.75) is 25.0 Å². The lowest BCUT2D eigenvalue weighted by Crippen LogP contribution is -2.35. The smallest absolute Gasteiger partial charge is 0.318 e. The number of fused-ring (bicyclic) bond motifs is 1. The molecule has 0 atom stereocenters. The van der Waals surface area contributed by atoms with E-state index in [1.165, 1.54) is 32.2 Å². The Kier molecular flexibility index (Phi) is 8.22. The molecule has 0 amide bonds. The number of aliphatic carboxylic acids is 1. The Morgan fingerprint density at radius 3 is 2.03 bits per heavy atom. The van der Waals surface area contributed by atoms with Gasteiger partial charge in [-0.3, -0.25) is 9.59 Å². The van der Waals surface area contributed by atoms with E-state index < -0.39 is 28.3 Å². The lowest BCUT2D eigenvalue weighted by atomic mass is 10.2. The lowest BCUT2D eigenvalue weighted by molar-refractivity contribution is -0.137. The standard InChI is InChI=1S/C28H27NO9S/c1-18(30)25-14-23-26(13-12-24(28(23)38-25)37-17-20-6-10-22(36-3)11-7-20)39(33,34)29(16-27(31)32)15-19-4-8-21(35-2)9-5-19/h4-14H,15-17H2,1-3H3,(H,31,32). The minimum Gasteiger partial charge on any atom is -0.497 e.